The van der Waals surface area contributed by atoms with E-state index < -0.39 is 0 Å². The van der Waals surface area contributed by atoms with Gasteiger partial charge in [0.15, 0.2) is 0 Å². The Morgan fingerprint density at radius 2 is 2.33 bits per heavy atom. The number of imidazole rings is 1. The van der Waals surface area contributed by atoms with Gasteiger partial charge >= 0.3 is 0 Å². The van der Waals surface area contributed by atoms with Gasteiger partial charge in [0.25, 0.3) is 0 Å². The van der Waals surface area contributed by atoms with Gasteiger partial charge in [-0.15, -0.1) is 11.8 Å². The van der Waals surface area contributed by atoms with Crippen LogP contribution in [0, 0.1) is 6.92 Å². The Balaban J connectivity index is 1.65. The third-order valence-corrected chi connectivity index (χ3v) is 4.63. The van der Waals surface area contributed by atoms with Crippen LogP contribution < -0.4 is 5.32 Å². The molecule has 1 aromatic carbocycles. The van der Waals surface area contributed by atoms with Crippen LogP contribution in [0.15, 0.2) is 40.0 Å². The van der Waals surface area contributed by atoms with E-state index in [0.717, 1.165) is 28.0 Å². The van der Waals surface area contributed by atoms with Crippen LogP contribution >= 0.6 is 27.7 Å². The first-order valence-corrected chi connectivity index (χ1v) is 8.57. The minimum absolute atomic E-state index is 0.0711. The molecule has 1 aromatic heterocycles. The van der Waals surface area contributed by atoms with Crippen LogP contribution in [0.1, 0.15) is 17.8 Å². The van der Waals surface area contributed by atoms with Gasteiger partial charge in [-0.3, -0.25) is 4.79 Å². The lowest BCUT2D eigenvalue weighted by Crippen LogP contribution is -2.26. The summed E-state index contributed by atoms with van der Waals surface area (Å²) in [5, 5.41) is 2.94. The highest BCUT2D eigenvalue weighted by atomic mass is 79.9. The van der Waals surface area contributed by atoms with Crippen molar-refractivity contribution in [2.45, 2.75) is 24.7 Å². The molecule has 1 amide bonds. The van der Waals surface area contributed by atoms with Crippen molar-refractivity contribution in [3.05, 3.63) is 46.5 Å². The molecule has 0 unspecified atom stereocenters. The molecule has 0 fully saturated rings. The van der Waals surface area contributed by atoms with E-state index in [-0.39, 0.29) is 5.91 Å². The van der Waals surface area contributed by atoms with Gasteiger partial charge in [0.2, 0.25) is 5.91 Å². The molecule has 112 valence electrons. The summed E-state index contributed by atoms with van der Waals surface area (Å²) in [5.74, 6) is 1.48. The molecule has 0 aliphatic carbocycles. The molecule has 0 radical (unpaired) electrons. The summed E-state index contributed by atoms with van der Waals surface area (Å²) in [6, 6.07) is 6.09. The molecule has 2 N–H and O–H groups in total. The Labute approximate surface area is 137 Å². The van der Waals surface area contributed by atoms with Gasteiger partial charge < -0.3 is 10.3 Å². The number of carbonyl (C=O) groups excluding carboxylic acids is 1. The lowest BCUT2D eigenvalue weighted by Gasteiger charge is -2.07. The second-order valence-corrected chi connectivity index (χ2v) is 6.62. The number of amides is 1. The number of rotatable bonds is 7. The lowest BCUT2D eigenvalue weighted by atomic mass is 10.2. The second kappa shape index (κ2) is 8.24. The molecule has 4 nitrogen and oxygen atoms in total. The van der Waals surface area contributed by atoms with Crippen molar-refractivity contribution in [2.75, 3.05) is 12.3 Å². The Bertz CT molecular complexity index is 587. The van der Waals surface area contributed by atoms with Gasteiger partial charge in [-0.2, -0.15) is 0 Å². The lowest BCUT2D eigenvalue weighted by molar-refractivity contribution is -0.118. The number of aryl methyl sites for hydroxylation is 2. The number of H-pyrrole nitrogens is 1. The minimum atomic E-state index is 0.0711. The average molecular weight is 368 g/mol. The molecule has 0 atom stereocenters. The third-order valence-electron chi connectivity index (χ3n) is 2.96. The highest BCUT2D eigenvalue weighted by molar-refractivity contribution is 9.10. The number of thioether (sulfide) groups is 1. The maximum Gasteiger partial charge on any atom is 0.230 e. The van der Waals surface area contributed by atoms with Crippen LogP contribution in [-0.4, -0.2) is 28.2 Å². The second-order valence-electron chi connectivity index (χ2n) is 4.69. The molecule has 0 spiro atoms. The number of nitrogens with zero attached hydrogens (tertiary/aromatic N) is 1. The summed E-state index contributed by atoms with van der Waals surface area (Å²) in [6.07, 6.45) is 5.30. The number of hydrogen-bond donors (Lipinski definition) is 2. The summed E-state index contributed by atoms with van der Waals surface area (Å²) >= 11 is 5.01. The van der Waals surface area contributed by atoms with Gasteiger partial charge in [0.1, 0.15) is 5.82 Å². The van der Waals surface area contributed by atoms with Crippen molar-refractivity contribution in [2.24, 2.45) is 0 Å². The Morgan fingerprint density at radius 1 is 1.48 bits per heavy atom. The van der Waals surface area contributed by atoms with Crippen molar-refractivity contribution in [3.63, 3.8) is 0 Å². The van der Waals surface area contributed by atoms with Gasteiger partial charge in [-0.05, 0) is 37.1 Å². The van der Waals surface area contributed by atoms with Crippen LogP contribution in [-0.2, 0) is 11.2 Å². The Morgan fingerprint density at radius 3 is 3.05 bits per heavy atom. The molecule has 0 aliphatic heterocycles. The smallest absolute Gasteiger partial charge is 0.230 e. The maximum absolute atomic E-state index is 11.8. The van der Waals surface area contributed by atoms with Crippen molar-refractivity contribution >= 4 is 33.6 Å². The highest BCUT2D eigenvalue weighted by Crippen LogP contribution is 2.24. The summed E-state index contributed by atoms with van der Waals surface area (Å²) in [5.41, 5.74) is 1.18. The Hall–Kier alpha value is -1.27. The zero-order chi connectivity index (χ0) is 15.1. The summed E-state index contributed by atoms with van der Waals surface area (Å²) in [7, 11) is 0. The van der Waals surface area contributed by atoms with E-state index in [1.807, 2.05) is 25.3 Å². The van der Waals surface area contributed by atoms with Crippen LogP contribution in [0.3, 0.4) is 0 Å². The van der Waals surface area contributed by atoms with E-state index in [4.69, 9.17) is 0 Å². The standard InChI is InChI=1S/C15H18BrN3OS/c1-11-9-12(16)4-5-13(11)21-10-15(20)19-6-2-3-14-17-7-8-18-14/h4-5,7-9H,2-3,6,10H2,1H3,(H,17,18)(H,19,20). The van der Waals surface area contributed by atoms with Crippen molar-refractivity contribution in [3.8, 4) is 0 Å². The van der Waals surface area contributed by atoms with Gasteiger partial charge in [0.05, 0.1) is 5.75 Å². The largest absolute Gasteiger partial charge is 0.355 e. The number of hydrogen-bond acceptors (Lipinski definition) is 3. The van der Waals surface area contributed by atoms with Crippen molar-refractivity contribution in [1.29, 1.82) is 0 Å². The predicted molar refractivity (Wildman–Crippen MR) is 89.5 cm³/mol. The molecule has 0 bridgehead atoms. The highest BCUT2D eigenvalue weighted by Gasteiger charge is 2.05. The third kappa shape index (κ3) is 5.55. The van der Waals surface area contributed by atoms with E-state index >= 15 is 0 Å². The Kier molecular flexibility index (Phi) is 6.32. The number of benzene rings is 1. The number of aromatic amines is 1. The van der Waals surface area contributed by atoms with Crippen LogP contribution in [0.5, 0.6) is 0 Å². The molecule has 1 heterocycles. The van der Waals surface area contributed by atoms with Crippen molar-refractivity contribution < 1.29 is 4.79 Å². The number of carbonyl (C=O) groups is 1. The zero-order valence-electron chi connectivity index (χ0n) is 11.9. The van der Waals surface area contributed by atoms with Gasteiger partial charge in [0, 0.05) is 34.7 Å². The molecule has 6 heteroatoms. The van der Waals surface area contributed by atoms with E-state index in [1.54, 1.807) is 18.0 Å². The molecule has 0 aliphatic rings. The maximum atomic E-state index is 11.8. The first-order chi connectivity index (χ1) is 10.1. The van der Waals surface area contributed by atoms with E-state index in [9.17, 15) is 4.79 Å². The van der Waals surface area contributed by atoms with Crippen LogP contribution in [0.4, 0.5) is 0 Å². The fourth-order valence-corrected chi connectivity index (χ4v) is 3.20. The molecule has 0 saturated carbocycles. The molecular formula is C15H18BrN3OS. The van der Waals surface area contributed by atoms with Crippen molar-refractivity contribution in [1.82, 2.24) is 15.3 Å². The van der Waals surface area contributed by atoms with Gasteiger partial charge in [-0.25, -0.2) is 4.98 Å². The first kappa shape index (κ1) is 16.1. The normalized spacial score (nSPS) is 10.6. The number of nitrogens with one attached hydrogen (secondary N) is 2. The van der Waals surface area contributed by atoms with Crippen LogP contribution in [0.25, 0.3) is 0 Å². The van der Waals surface area contributed by atoms with Gasteiger partial charge in [-0.1, -0.05) is 15.9 Å². The number of aromatic nitrogens is 2. The summed E-state index contributed by atoms with van der Waals surface area (Å²) < 4.78 is 1.06. The average Bonchev–Trinajstić information content (AvgIpc) is 2.96. The number of halogens is 1. The minimum Gasteiger partial charge on any atom is -0.355 e. The molecule has 0 saturated heterocycles. The quantitative estimate of drug-likeness (QED) is 0.582. The summed E-state index contributed by atoms with van der Waals surface area (Å²) in [4.78, 5) is 20.1. The fourth-order valence-electron chi connectivity index (χ4n) is 1.89. The van der Waals surface area contributed by atoms with Crippen LogP contribution in [0.2, 0.25) is 0 Å². The zero-order valence-corrected chi connectivity index (χ0v) is 14.3. The topological polar surface area (TPSA) is 57.8 Å². The van der Waals surface area contributed by atoms with E-state index in [2.05, 4.69) is 37.3 Å². The monoisotopic (exact) mass is 367 g/mol. The van der Waals surface area contributed by atoms with E-state index in [1.165, 1.54) is 5.56 Å². The molecular weight excluding hydrogens is 350 g/mol. The molecule has 2 rings (SSSR count). The fraction of sp³-hybridized carbons (Fsp3) is 0.333. The predicted octanol–water partition coefficient (Wildman–Crippen LogP) is 3.32. The summed E-state index contributed by atoms with van der Waals surface area (Å²) in [6.45, 7) is 2.73. The SMILES string of the molecule is Cc1cc(Br)ccc1SCC(=O)NCCCc1ncc[nH]1. The molecule has 21 heavy (non-hydrogen) atoms. The molecule has 2 aromatic rings. The first-order valence-electron chi connectivity index (χ1n) is 6.79. The van der Waals surface area contributed by atoms with E-state index in [0.29, 0.717) is 12.3 Å².